The molecule has 0 radical (unpaired) electrons. The summed E-state index contributed by atoms with van der Waals surface area (Å²) in [5.74, 6) is 0.968. The lowest BCUT2D eigenvalue weighted by Crippen LogP contribution is -2.24. The van der Waals surface area contributed by atoms with Crippen LogP contribution in [0.5, 0.6) is 0 Å². The van der Waals surface area contributed by atoms with Crippen LogP contribution in [0.2, 0.25) is 0 Å². The fourth-order valence-electron chi connectivity index (χ4n) is 2.54. The van der Waals surface area contributed by atoms with Gasteiger partial charge >= 0.3 is 0 Å². The Kier molecular flexibility index (Phi) is 4.10. The van der Waals surface area contributed by atoms with Gasteiger partial charge in [-0.25, -0.2) is 18.1 Å². The Labute approximate surface area is 140 Å². The van der Waals surface area contributed by atoms with Gasteiger partial charge in [0.15, 0.2) is 5.82 Å². The van der Waals surface area contributed by atoms with E-state index in [1.165, 1.54) is 0 Å². The third-order valence-corrected chi connectivity index (χ3v) is 5.37. The summed E-state index contributed by atoms with van der Waals surface area (Å²) in [6, 6.07) is 6.96. The van der Waals surface area contributed by atoms with E-state index in [0.29, 0.717) is 11.6 Å². The van der Waals surface area contributed by atoms with Crippen molar-refractivity contribution < 1.29 is 8.42 Å². The molecule has 7 nitrogen and oxygen atoms in total. The lowest BCUT2D eigenvalue weighted by atomic mass is 10.1. The van der Waals surface area contributed by atoms with Crippen LogP contribution in [0.1, 0.15) is 28.3 Å². The van der Waals surface area contributed by atoms with E-state index in [9.17, 15) is 8.42 Å². The van der Waals surface area contributed by atoms with Gasteiger partial charge in [0, 0.05) is 11.4 Å². The van der Waals surface area contributed by atoms with Gasteiger partial charge in [-0.3, -0.25) is 4.40 Å². The molecular weight excluding hydrogens is 326 g/mol. The highest BCUT2D eigenvalue weighted by Crippen LogP contribution is 2.15. The molecule has 2 heterocycles. The number of aryl methyl sites for hydroxylation is 4. The minimum absolute atomic E-state index is 0.0437. The highest BCUT2D eigenvalue weighted by molar-refractivity contribution is 7.89. The van der Waals surface area contributed by atoms with E-state index >= 15 is 0 Å². The van der Waals surface area contributed by atoms with E-state index in [1.807, 2.05) is 33.8 Å². The molecule has 0 aliphatic carbocycles. The zero-order valence-electron chi connectivity index (χ0n) is 14.0. The zero-order chi connectivity index (χ0) is 17.5. The topological polar surface area (TPSA) is 89.2 Å². The number of nitrogens with zero attached hydrogens (tertiary/aromatic N) is 4. The maximum atomic E-state index is 12.5. The molecule has 0 amide bonds. The van der Waals surface area contributed by atoms with Crippen molar-refractivity contribution in [1.82, 2.24) is 24.3 Å². The summed E-state index contributed by atoms with van der Waals surface area (Å²) in [4.78, 5) is 4.53. The van der Waals surface area contributed by atoms with Gasteiger partial charge in [-0.15, -0.1) is 10.2 Å². The van der Waals surface area contributed by atoms with Crippen molar-refractivity contribution in [3.63, 3.8) is 0 Å². The SMILES string of the molecule is Cc1cc(C)n2c(CNS(=O)(=O)c3ccc(C)c(C)c3)nnc2n1. The Morgan fingerprint density at radius 2 is 1.79 bits per heavy atom. The number of hydrogen-bond donors (Lipinski definition) is 1. The van der Waals surface area contributed by atoms with Gasteiger partial charge in [0.05, 0.1) is 11.4 Å². The maximum absolute atomic E-state index is 12.5. The van der Waals surface area contributed by atoms with Crippen LogP contribution in [0.25, 0.3) is 5.78 Å². The first kappa shape index (κ1) is 16.5. The normalized spacial score (nSPS) is 12.0. The van der Waals surface area contributed by atoms with Crippen LogP contribution in [-0.2, 0) is 16.6 Å². The molecule has 2 aromatic heterocycles. The molecule has 0 atom stereocenters. The van der Waals surface area contributed by atoms with Crippen LogP contribution in [0, 0.1) is 27.7 Å². The summed E-state index contributed by atoms with van der Waals surface area (Å²) < 4.78 is 29.3. The average molecular weight is 345 g/mol. The number of aromatic nitrogens is 4. The molecule has 8 heteroatoms. The van der Waals surface area contributed by atoms with Gasteiger partial charge in [0.2, 0.25) is 10.0 Å². The molecule has 24 heavy (non-hydrogen) atoms. The Morgan fingerprint density at radius 3 is 2.50 bits per heavy atom. The molecule has 126 valence electrons. The molecule has 0 saturated carbocycles. The van der Waals surface area contributed by atoms with Crippen LogP contribution < -0.4 is 4.72 Å². The van der Waals surface area contributed by atoms with Gasteiger partial charge in [-0.1, -0.05) is 6.07 Å². The summed E-state index contributed by atoms with van der Waals surface area (Å²) in [5.41, 5.74) is 3.73. The molecule has 3 rings (SSSR count). The van der Waals surface area contributed by atoms with E-state index in [2.05, 4.69) is 19.9 Å². The largest absolute Gasteiger partial charge is 0.266 e. The van der Waals surface area contributed by atoms with Crippen LogP contribution >= 0.6 is 0 Å². The van der Waals surface area contributed by atoms with Gasteiger partial charge in [0.1, 0.15) is 0 Å². The van der Waals surface area contributed by atoms with Crippen molar-refractivity contribution >= 4 is 15.8 Å². The second-order valence-corrected chi connectivity index (χ2v) is 7.63. The average Bonchev–Trinajstić information content (AvgIpc) is 2.91. The van der Waals surface area contributed by atoms with Crippen molar-refractivity contribution in [3.8, 4) is 0 Å². The van der Waals surface area contributed by atoms with Gasteiger partial charge in [-0.2, -0.15) is 0 Å². The Hall–Kier alpha value is -2.32. The van der Waals surface area contributed by atoms with E-state index in [0.717, 1.165) is 22.5 Å². The summed E-state index contributed by atoms with van der Waals surface area (Å²) in [7, 11) is -3.62. The third kappa shape index (κ3) is 3.02. The second kappa shape index (κ2) is 5.95. The monoisotopic (exact) mass is 345 g/mol. The van der Waals surface area contributed by atoms with Crippen LogP contribution in [0.3, 0.4) is 0 Å². The molecule has 1 N–H and O–H groups in total. The minimum atomic E-state index is -3.62. The van der Waals surface area contributed by atoms with E-state index < -0.39 is 10.0 Å². The number of nitrogens with one attached hydrogen (secondary N) is 1. The first-order chi connectivity index (χ1) is 11.3. The summed E-state index contributed by atoms with van der Waals surface area (Å²) in [6.45, 7) is 7.66. The number of sulfonamides is 1. The van der Waals surface area contributed by atoms with Crippen molar-refractivity contribution in [2.75, 3.05) is 0 Å². The molecule has 0 saturated heterocycles. The molecule has 0 fully saturated rings. The molecule has 0 unspecified atom stereocenters. The molecule has 0 aliphatic rings. The number of hydrogen-bond acceptors (Lipinski definition) is 5. The first-order valence-electron chi connectivity index (χ1n) is 7.53. The number of fused-ring (bicyclic) bond motifs is 1. The highest BCUT2D eigenvalue weighted by atomic mass is 32.2. The van der Waals surface area contributed by atoms with E-state index in [4.69, 9.17) is 0 Å². The van der Waals surface area contributed by atoms with Crippen molar-refractivity contribution in [2.24, 2.45) is 0 Å². The maximum Gasteiger partial charge on any atom is 0.255 e. The van der Waals surface area contributed by atoms with E-state index in [-0.39, 0.29) is 11.4 Å². The van der Waals surface area contributed by atoms with Gasteiger partial charge in [-0.05, 0) is 57.0 Å². The van der Waals surface area contributed by atoms with Crippen LogP contribution in [-0.4, -0.2) is 28.0 Å². The molecule has 0 bridgehead atoms. The Balaban J connectivity index is 1.89. The number of rotatable bonds is 4. The summed E-state index contributed by atoms with van der Waals surface area (Å²) >= 11 is 0. The molecular formula is C16H19N5O2S. The van der Waals surface area contributed by atoms with Gasteiger partial charge in [0.25, 0.3) is 5.78 Å². The minimum Gasteiger partial charge on any atom is -0.266 e. The first-order valence-corrected chi connectivity index (χ1v) is 9.01. The third-order valence-electron chi connectivity index (χ3n) is 3.97. The fourth-order valence-corrected chi connectivity index (χ4v) is 3.60. The lowest BCUT2D eigenvalue weighted by Gasteiger charge is -2.09. The standard InChI is InChI=1S/C16H19N5O2S/c1-10-5-6-14(7-11(10)2)24(22,23)17-9-15-19-20-16-18-12(3)8-13(4)21(15)16/h5-8,17H,9H2,1-4H3. The van der Waals surface area contributed by atoms with Gasteiger partial charge < -0.3 is 0 Å². The van der Waals surface area contributed by atoms with Crippen molar-refractivity contribution in [3.05, 3.63) is 52.6 Å². The quantitative estimate of drug-likeness (QED) is 0.779. The zero-order valence-corrected chi connectivity index (χ0v) is 14.8. The van der Waals surface area contributed by atoms with E-state index in [1.54, 1.807) is 22.6 Å². The molecule has 3 aromatic rings. The van der Waals surface area contributed by atoms with Crippen LogP contribution in [0.4, 0.5) is 0 Å². The molecule has 0 aliphatic heterocycles. The smallest absolute Gasteiger partial charge is 0.255 e. The Bertz CT molecular complexity index is 1020. The second-order valence-electron chi connectivity index (χ2n) is 5.86. The van der Waals surface area contributed by atoms with Crippen molar-refractivity contribution in [1.29, 1.82) is 0 Å². The summed E-state index contributed by atoms with van der Waals surface area (Å²) in [5, 5.41) is 8.06. The Morgan fingerprint density at radius 1 is 1.04 bits per heavy atom. The van der Waals surface area contributed by atoms with Crippen molar-refractivity contribution in [2.45, 2.75) is 39.1 Å². The fraction of sp³-hybridized carbons (Fsp3) is 0.312. The predicted octanol–water partition coefficient (Wildman–Crippen LogP) is 1.84. The lowest BCUT2D eigenvalue weighted by molar-refractivity contribution is 0.578. The highest BCUT2D eigenvalue weighted by Gasteiger charge is 2.17. The molecule has 1 aromatic carbocycles. The predicted molar refractivity (Wildman–Crippen MR) is 90.2 cm³/mol. The summed E-state index contributed by atoms with van der Waals surface area (Å²) in [6.07, 6.45) is 0. The van der Waals surface area contributed by atoms with Crippen LogP contribution in [0.15, 0.2) is 29.2 Å². The number of benzene rings is 1. The molecule has 0 spiro atoms.